The van der Waals surface area contributed by atoms with Gasteiger partial charge in [0.05, 0.1) is 6.54 Å². The quantitative estimate of drug-likeness (QED) is 0.826. The molecule has 0 heterocycles. The fourth-order valence-electron chi connectivity index (χ4n) is 1.76. The summed E-state index contributed by atoms with van der Waals surface area (Å²) >= 11 is 0. The number of benzene rings is 1. The molecule has 104 valence electrons. The molecule has 0 aromatic heterocycles. The molecule has 0 radical (unpaired) electrons. The second-order valence-corrected chi connectivity index (χ2v) is 5.75. The van der Waals surface area contributed by atoms with Crippen molar-refractivity contribution in [3.63, 3.8) is 0 Å². The van der Waals surface area contributed by atoms with E-state index < -0.39 is 0 Å². The monoisotopic (exact) mass is 260 g/mol. The van der Waals surface area contributed by atoms with Crippen molar-refractivity contribution in [2.24, 2.45) is 0 Å². The minimum absolute atomic E-state index is 0.00213. The van der Waals surface area contributed by atoms with E-state index in [4.69, 9.17) is 0 Å². The van der Waals surface area contributed by atoms with Gasteiger partial charge in [-0.05, 0) is 23.1 Å². The number of nitrogens with one attached hydrogen (secondary N) is 1. The van der Waals surface area contributed by atoms with Gasteiger partial charge in [0.15, 0.2) is 0 Å². The molecule has 3 nitrogen and oxygen atoms in total. The third-order valence-corrected chi connectivity index (χ3v) is 3.00. The summed E-state index contributed by atoms with van der Waals surface area (Å²) in [4.78, 5) is 13.5. The Hall–Kier alpha value is -1.77. The van der Waals surface area contributed by atoms with Gasteiger partial charge in [-0.2, -0.15) is 0 Å². The minimum atomic E-state index is 0.00213. The van der Waals surface area contributed by atoms with Crippen LogP contribution >= 0.6 is 0 Å². The first kappa shape index (κ1) is 15.3. The summed E-state index contributed by atoms with van der Waals surface area (Å²) < 4.78 is 0. The van der Waals surface area contributed by atoms with E-state index in [-0.39, 0.29) is 11.3 Å². The molecule has 0 aliphatic carbocycles. The van der Waals surface area contributed by atoms with Crippen molar-refractivity contribution in [1.29, 1.82) is 0 Å². The van der Waals surface area contributed by atoms with Crippen molar-refractivity contribution in [3.05, 3.63) is 42.5 Å². The van der Waals surface area contributed by atoms with E-state index in [2.05, 4.69) is 56.9 Å². The molecule has 1 rings (SSSR count). The molecule has 1 amide bonds. The van der Waals surface area contributed by atoms with Crippen molar-refractivity contribution in [1.82, 2.24) is 5.32 Å². The van der Waals surface area contributed by atoms with Crippen molar-refractivity contribution in [3.8, 4) is 0 Å². The van der Waals surface area contributed by atoms with E-state index in [0.29, 0.717) is 13.1 Å². The number of hydrogen-bond donors (Lipinski definition) is 1. The van der Waals surface area contributed by atoms with Gasteiger partial charge in [-0.3, -0.25) is 4.79 Å². The Morgan fingerprint density at radius 3 is 2.37 bits per heavy atom. The molecular formula is C16H24N2O. The second kappa shape index (κ2) is 6.41. The maximum absolute atomic E-state index is 11.6. The Morgan fingerprint density at radius 1 is 1.32 bits per heavy atom. The SMILES string of the molecule is C=CCNC(=O)CN(C)c1ccc(C(C)(C)C)cc1. The zero-order chi connectivity index (χ0) is 14.5. The molecule has 0 unspecified atom stereocenters. The predicted octanol–water partition coefficient (Wildman–Crippen LogP) is 2.72. The summed E-state index contributed by atoms with van der Waals surface area (Å²) in [6.45, 7) is 11.0. The molecule has 0 saturated heterocycles. The predicted molar refractivity (Wildman–Crippen MR) is 81.6 cm³/mol. The molecule has 1 N–H and O–H groups in total. The van der Waals surface area contributed by atoms with Crippen molar-refractivity contribution < 1.29 is 4.79 Å². The van der Waals surface area contributed by atoms with Crippen LogP contribution in [0.5, 0.6) is 0 Å². The molecule has 0 fully saturated rings. The first-order valence-electron chi connectivity index (χ1n) is 6.54. The Morgan fingerprint density at radius 2 is 1.89 bits per heavy atom. The van der Waals surface area contributed by atoms with E-state index in [1.54, 1.807) is 6.08 Å². The second-order valence-electron chi connectivity index (χ2n) is 5.75. The number of likely N-dealkylation sites (N-methyl/N-ethyl adjacent to an activating group) is 1. The van der Waals surface area contributed by atoms with Gasteiger partial charge in [0, 0.05) is 19.3 Å². The Balaban J connectivity index is 2.65. The number of anilines is 1. The lowest BCUT2D eigenvalue weighted by Gasteiger charge is -2.22. The highest BCUT2D eigenvalue weighted by Gasteiger charge is 2.13. The zero-order valence-electron chi connectivity index (χ0n) is 12.4. The molecule has 0 atom stereocenters. The lowest BCUT2D eigenvalue weighted by Crippen LogP contribution is -2.35. The van der Waals surface area contributed by atoms with Crippen LogP contribution in [0.15, 0.2) is 36.9 Å². The number of carbonyl (C=O) groups is 1. The van der Waals surface area contributed by atoms with E-state index in [9.17, 15) is 4.79 Å². The normalized spacial score (nSPS) is 10.9. The molecule has 3 heteroatoms. The molecule has 0 saturated carbocycles. The van der Waals surface area contributed by atoms with E-state index in [0.717, 1.165) is 5.69 Å². The third-order valence-electron chi connectivity index (χ3n) is 3.00. The lowest BCUT2D eigenvalue weighted by atomic mass is 9.87. The average Bonchev–Trinajstić information content (AvgIpc) is 2.35. The van der Waals surface area contributed by atoms with Crippen LogP contribution in [0.3, 0.4) is 0 Å². The fourth-order valence-corrected chi connectivity index (χ4v) is 1.76. The highest BCUT2D eigenvalue weighted by Crippen LogP contribution is 2.24. The van der Waals surface area contributed by atoms with E-state index in [1.165, 1.54) is 5.56 Å². The van der Waals surface area contributed by atoms with Crippen LogP contribution in [0.4, 0.5) is 5.69 Å². The first-order valence-corrected chi connectivity index (χ1v) is 6.54. The molecule has 0 aliphatic rings. The van der Waals surface area contributed by atoms with Gasteiger partial charge in [-0.25, -0.2) is 0 Å². The van der Waals surface area contributed by atoms with Gasteiger partial charge >= 0.3 is 0 Å². The fraction of sp³-hybridized carbons (Fsp3) is 0.438. The summed E-state index contributed by atoms with van der Waals surface area (Å²) in [5.74, 6) is 0.00213. The van der Waals surface area contributed by atoms with E-state index >= 15 is 0 Å². The maximum Gasteiger partial charge on any atom is 0.239 e. The number of carbonyl (C=O) groups excluding carboxylic acids is 1. The summed E-state index contributed by atoms with van der Waals surface area (Å²) in [6.07, 6.45) is 1.68. The van der Waals surface area contributed by atoms with Gasteiger partial charge in [0.25, 0.3) is 0 Å². The smallest absolute Gasteiger partial charge is 0.239 e. The Kier molecular flexibility index (Phi) is 5.16. The largest absolute Gasteiger partial charge is 0.365 e. The van der Waals surface area contributed by atoms with Crippen LogP contribution in [-0.2, 0) is 10.2 Å². The summed E-state index contributed by atoms with van der Waals surface area (Å²) in [5, 5.41) is 2.77. The Labute approximate surface area is 116 Å². The van der Waals surface area contributed by atoms with Crippen LogP contribution in [-0.4, -0.2) is 26.0 Å². The lowest BCUT2D eigenvalue weighted by molar-refractivity contribution is -0.119. The number of amides is 1. The van der Waals surface area contributed by atoms with Gasteiger partial charge in [0.1, 0.15) is 0 Å². The van der Waals surface area contributed by atoms with Gasteiger partial charge in [-0.1, -0.05) is 39.0 Å². The van der Waals surface area contributed by atoms with Crippen molar-refractivity contribution in [2.45, 2.75) is 26.2 Å². The van der Waals surface area contributed by atoms with Crippen LogP contribution in [0.25, 0.3) is 0 Å². The Bertz CT molecular complexity index is 429. The molecular weight excluding hydrogens is 236 g/mol. The van der Waals surface area contributed by atoms with Crippen LogP contribution in [0.2, 0.25) is 0 Å². The van der Waals surface area contributed by atoms with Crippen LogP contribution < -0.4 is 10.2 Å². The first-order chi connectivity index (χ1) is 8.84. The highest BCUT2D eigenvalue weighted by molar-refractivity contribution is 5.81. The molecule has 1 aromatic carbocycles. The topological polar surface area (TPSA) is 32.3 Å². The maximum atomic E-state index is 11.6. The van der Waals surface area contributed by atoms with Crippen molar-refractivity contribution in [2.75, 3.05) is 25.0 Å². The zero-order valence-corrected chi connectivity index (χ0v) is 12.4. The van der Waals surface area contributed by atoms with Gasteiger partial charge < -0.3 is 10.2 Å². The van der Waals surface area contributed by atoms with Gasteiger partial charge in [-0.15, -0.1) is 6.58 Å². The standard InChI is InChI=1S/C16H24N2O/c1-6-11-17-15(19)12-18(5)14-9-7-13(8-10-14)16(2,3)4/h6-10H,1,11-12H2,2-5H3,(H,17,19). The van der Waals surface area contributed by atoms with Crippen LogP contribution in [0.1, 0.15) is 26.3 Å². The summed E-state index contributed by atoms with van der Waals surface area (Å²) in [7, 11) is 1.92. The van der Waals surface area contributed by atoms with Crippen LogP contribution in [0, 0.1) is 0 Å². The van der Waals surface area contributed by atoms with Crippen molar-refractivity contribution >= 4 is 11.6 Å². The third kappa shape index (κ3) is 4.78. The summed E-state index contributed by atoms with van der Waals surface area (Å²) in [6, 6.07) is 8.35. The highest BCUT2D eigenvalue weighted by atomic mass is 16.2. The number of rotatable bonds is 5. The number of hydrogen-bond acceptors (Lipinski definition) is 2. The van der Waals surface area contributed by atoms with Gasteiger partial charge in [0.2, 0.25) is 5.91 Å². The average molecular weight is 260 g/mol. The summed E-state index contributed by atoms with van der Waals surface area (Å²) in [5.41, 5.74) is 2.49. The number of nitrogens with zero attached hydrogens (tertiary/aromatic N) is 1. The molecule has 0 spiro atoms. The molecule has 0 bridgehead atoms. The minimum Gasteiger partial charge on any atom is -0.365 e. The van der Waals surface area contributed by atoms with E-state index in [1.807, 2.05) is 11.9 Å². The molecule has 0 aliphatic heterocycles. The molecule has 19 heavy (non-hydrogen) atoms. The molecule has 1 aromatic rings.